The van der Waals surface area contributed by atoms with Gasteiger partial charge >= 0.3 is 0 Å². The highest BCUT2D eigenvalue weighted by Crippen LogP contribution is 2.31. The molecule has 3 heteroatoms. The van der Waals surface area contributed by atoms with Crippen LogP contribution in [0.1, 0.15) is 17.9 Å². The van der Waals surface area contributed by atoms with Gasteiger partial charge in [-0.25, -0.2) is 0 Å². The minimum absolute atomic E-state index is 0.590. The topological polar surface area (TPSA) is 29.3 Å². The van der Waals surface area contributed by atoms with Crippen LogP contribution >= 0.6 is 15.9 Å². The van der Waals surface area contributed by atoms with E-state index in [4.69, 9.17) is 5.73 Å². The summed E-state index contributed by atoms with van der Waals surface area (Å²) < 4.78 is 1.13. The molecule has 1 unspecified atom stereocenters. The van der Waals surface area contributed by atoms with Gasteiger partial charge in [-0.15, -0.1) is 0 Å². The molecule has 2 N–H and O–H groups in total. The smallest absolute Gasteiger partial charge is 0.0367 e. The summed E-state index contributed by atoms with van der Waals surface area (Å²) in [6.07, 6.45) is 1.19. The predicted octanol–water partition coefficient (Wildman–Crippen LogP) is 4.03. The zero-order chi connectivity index (χ0) is 13.2. The minimum Gasteiger partial charge on any atom is -0.399 e. The lowest BCUT2D eigenvalue weighted by Gasteiger charge is -2.19. The quantitative estimate of drug-likeness (QED) is 0.848. The number of nitrogens with two attached hydrogens (primary N) is 1. The van der Waals surface area contributed by atoms with Crippen LogP contribution in [-0.4, -0.2) is 13.1 Å². The van der Waals surface area contributed by atoms with Gasteiger partial charge in [0.2, 0.25) is 0 Å². The first-order chi connectivity index (χ1) is 9.22. The third-order valence-electron chi connectivity index (χ3n) is 3.76. The van der Waals surface area contributed by atoms with Gasteiger partial charge in [0.25, 0.3) is 0 Å². The Hall–Kier alpha value is -1.48. The molecule has 0 saturated carbocycles. The molecule has 1 aliphatic heterocycles. The Balaban J connectivity index is 1.75. The van der Waals surface area contributed by atoms with Crippen molar-refractivity contribution in [3.8, 4) is 0 Å². The third-order valence-corrected chi connectivity index (χ3v) is 4.29. The van der Waals surface area contributed by atoms with Crippen LogP contribution in [0, 0.1) is 0 Å². The number of anilines is 2. The molecule has 0 radical (unpaired) electrons. The summed E-state index contributed by atoms with van der Waals surface area (Å²) in [5.41, 5.74) is 9.39. The Bertz CT molecular complexity index is 565. The Morgan fingerprint density at radius 2 is 1.89 bits per heavy atom. The lowest BCUT2D eigenvalue weighted by molar-refractivity contribution is 0.775. The number of benzene rings is 2. The first kappa shape index (κ1) is 12.5. The number of hydrogen-bond acceptors (Lipinski definition) is 2. The van der Waals surface area contributed by atoms with E-state index >= 15 is 0 Å². The van der Waals surface area contributed by atoms with Crippen molar-refractivity contribution in [2.45, 2.75) is 12.3 Å². The average molecular weight is 317 g/mol. The SMILES string of the molecule is Nc1cccc(C2CCN(c3ccc(Br)cc3)C2)c1. The zero-order valence-corrected chi connectivity index (χ0v) is 12.3. The molecule has 1 atom stereocenters. The van der Waals surface area contributed by atoms with Crippen molar-refractivity contribution in [2.24, 2.45) is 0 Å². The molecule has 0 aromatic heterocycles. The standard InChI is InChI=1S/C16H17BrN2/c17-14-4-6-16(7-5-14)19-9-8-13(11-19)12-2-1-3-15(18)10-12/h1-7,10,13H,8-9,11,18H2. The van der Waals surface area contributed by atoms with Crippen molar-refractivity contribution >= 4 is 27.3 Å². The van der Waals surface area contributed by atoms with Crippen molar-refractivity contribution in [3.63, 3.8) is 0 Å². The van der Waals surface area contributed by atoms with E-state index in [9.17, 15) is 0 Å². The fourth-order valence-corrected chi connectivity index (χ4v) is 3.00. The highest BCUT2D eigenvalue weighted by atomic mass is 79.9. The molecule has 1 heterocycles. The Morgan fingerprint density at radius 1 is 1.11 bits per heavy atom. The van der Waals surface area contributed by atoms with Crippen molar-refractivity contribution in [3.05, 3.63) is 58.6 Å². The number of halogens is 1. The van der Waals surface area contributed by atoms with Crippen molar-refractivity contribution < 1.29 is 0 Å². The molecule has 19 heavy (non-hydrogen) atoms. The van der Waals surface area contributed by atoms with Crippen molar-refractivity contribution in [2.75, 3.05) is 23.7 Å². The molecule has 0 aliphatic carbocycles. The molecule has 1 aliphatic rings. The average Bonchev–Trinajstić information content (AvgIpc) is 2.89. The minimum atomic E-state index is 0.590. The summed E-state index contributed by atoms with van der Waals surface area (Å²) in [4.78, 5) is 2.44. The number of nitrogen functional groups attached to an aromatic ring is 1. The molecule has 98 valence electrons. The number of rotatable bonds is 2. The molecule has 2 nitrogen and oxygen atoms in total. The molecule has 1 fully saturated rings. The molecule has 3 rings (SSSR count). The molecule has 0 amide bonds. The van der Waals surface area contributed by atoms with Gasteiger partial charge in [0.05, 0.1) is 0 Å². The van der Waals surface area contributed by atoms with Crippen LogP contribution in [0.15, 0.2) is 53.0 Å². The Kier molecular flexibility index (Phi) is 3.47. The van der Waals surface area contributed by atoms with Crippen LogP contribution < -0.4 is 10.6 Å². The lowest BCUT2D eigenvalue weighted by atomic mass is 9.98. The highest BCUT2D eigenvalue weighted by molar-refractivity contribution is 9.10. The van der Waals surface area contributed by atoms with E-state index < -0.39 is 0 Å². The van der Waals surface area contributed by atoms with E-state index in [2.05, 4.69) is 57.2 Å². The second-order valence-corrected chi connectivity index (χ2v) is 5.99. The largest absolute Gasteiger partial charge is 0.399 e. The number of hydrogen-bond donors (Lipinski definition) is 1. The first-order valence-electron chi connectivity index (χ1n) is 6.58. The van der Waals surface area contributed by atoms with Gasteiger partial charge in [-0.1, -0.05) is 28.1 Å². The van der Waals surface area contributed by atoms with Crippen LogP contribution in [0.25, 0.3) is 0 Å². The summed E-state index contributed by atoms with van der Waals surface area (Å²) >= 11 is 3.48. The van der Waals surface area contributed by atoms with Gasteiger partial charge in [0.1, 0.15) is 0 Å². The van der Waals surface area contributed by atoms with Gasteiger partial charge in [0.15, 0.2) is 0 Å². The molecule has 0 bridgehead atoms. The maximum atomic E-state index is 5.87. The zero-order valence-electron chi connectivity index (χ0n) is 10.7. The first-order valence-corrected chi connectivity index (χ1v) is 7.37. The van der Waals surface area contributed by atoms with E-state index in [0.717, 1.165) is 23.2 Å². The van der Waals surface area contributed by atoms with Gasteiger partial charge in [0, 0.05) is 34.9 Å². The predicted molar refractivity (Wildman–Crippen MR) is 84.6 cm³/mol. The van der Waals surface area contributed by atoms with E-state index in [0.29, 0.717) is 5.92 Å². The highest BCUT2D eigenvalue weighted by Gasteiger charge is 2.23. The maximum absolute atomic E-state index is 5.87. The summed E-state index contributed by atoms with van der Waals surface area (Å²) in [5.74, 6) is 0.590. The normalized spacial score (nSPS) is 18.8. The molecule has 2 aromatic rings. The van der Waals surface area contributed by atoms with Gasteiger partial charge in [-0.2, -0.15) is 0 Å². The maximum Gasteiger partial charge on any atom is 0.0367 e. The molecule has 2 aromatic carbocycles. The second kappa shape index (κ2) is 5.25. The second-order valence-electron chi connectivity index (χ2n) is 5.08. The van der Waals surface area contributed by atoms with Gasteiger partial charge in [-0.05, 0) is 48.4 Å². The van der Waals surface area contributed by atoms with Crippen LogP contribution in [0.4, 0.5) is 11.4 Å². The summed E-state index contributed by atoms with van der Waals surface area (Å²) in [6.45, 7) is 2.19. The lowest BCUT2D eigenvalue weighted by Crippen LogP contribution is -2.18. The monoisotopic (exact) mass is 316 g/mol. The van der Waals surface area contributed by atoms with Crippen LogP contribution in [-0.2, 0) is 0 Å². The molecule has 0 spiro atoms. The molecular weight excluding hydrogens is 300 g/mol. The van der Waals surface area contributed by atoms with Gasteiger partial charge < -0.3 is 10.6 Å². The van der Waals surface area contributed by atoms with E-state index in [1.54, 1.807) is 0 Å². The fourth-order valence-electron chi connectivity index (χ4n) is 2.73. The summed E-state index contributed by atoms with van der Waals surface area (Å²) in [7, 11) is 0. The Morgan fingerprint density at radius 3 is 2.63 bits per heavy atom. The summed E-state index contributed by atoms with van der Waals surface area (Å²) in [6, 6.07) is 16.8. The Labute approximate surface area is 122 Å². The molecular formula is C16H17BrN2. The van der Waals surface area contributed by atoms with Crippen molar-refractivity contribution in [1.82, 2.24) is 0 Å². The van der Waals surface area contributed by atoms with E-state index in [1.807, 2.05) is 12.1 Å². The van der Waals surface area contributed by atoms with Gasteiger partial charge in [-0.3, -0.25) is 0 Å². The summed E-state index contributed by atoms with van der Waals surface area (Å²) in [5, 5.41) is 0. The third kappa shape index (κ3) is 2.76. The number of nitrogens with zero attached hydrogens (tertiary/aromatic N) is 1. The van der Waals surface area contributed by atoms with Crippen LogP contribution in [0.5, 0.6) is 0 Å². The van der Waals surface area contributed by atoms with Crippen LogP contribution in [0.3, 0.4) is 0 Å². The fraction of sp³-hybridized carbons (Fsp3) is 0.250. The van der Waals surface area contributed by atoms with E-state index in [1.165, 1.54) is 17.7 Å². The van der Waals surface area contributed by atoms with Crippen molar-refractivity contribution in [1.29, 1.82) is 0 Å². The van der Waals surface area contributed by atoms with Crippen LogP contribution in [0.2, 0.25) is 0 Å². The van der Waals surface area contributed by atoms with E-state index in [-0.39, 0.29) is 0 Å². The molecule has 1 saturated heterocycles.